The number of carbonyl (C=O) groups is 2. The fourth-order valence-electron chi connectivity index (χ4n) is 4.08. The van der Waals surface area contributed by atoms with Crippen molar-refractivity contribution < 1.29 is 9.59 Å². The smallest absolute Gasteiger partial charge is 0.263 e. The van der Waals surface area contributed by atoms with Gasteiger partial charge < -0.3 is 0 Å². The first-order valence-electron chi connectivity index (χ1n) is 9.83. The Morgan fingerprint density at radius 2 is 1.87 bits per heavy atom. The lowest BCUT2D eigenvalue weighted by Gasteiger charge is -2.25. The number of fused-ring (bicyclic) bond motifs is 2. The van der Waals surface area contributed by atoms with Crippen molar-refractivity contribution in [3.05, 3.63) is 51.9 Å². The number of hydrogen-bond donors (Lipinski definition) is 3. The van der Waals surface area contributed by atoms with Gasteiger partial charge in [0.15, 0.2) is 5.65 Å². The minimum Gasteiger partial charge on any atom is -0.291 e. The number of benzene rings is 1. The summed E-state index contributed by atoms with van der Waals surface area (Å²) >= 11 is 0. The Morgan fingerprint density at radius 3 is 2.63 bits per heavy atom. The lowest BCUT2D eigenvalue weighted by Crippen LogP contribution is -2.40. The van der Waals surface area contributed by atoms with E-state index >= 15 is 0 Å². The van der Waals surface area contributed by atoms with Crippen molar-refractivity contribution in [1.29, 1.82) is 0 Å². The molecule has 1 saturated carbocycles. The molecule has 3 heterocycles. The molecule has 0 spiro atoms. The SMILES string of the molecule is O=C1c2ccccc2C(=O)N1C1CCCC/C(=N\Nc2nc3[nH]ncc3c(=O)[nH]2)C1. The molecule has 0 radical (unpaired) electrons. The normalized spacial score (nSPS) is 20.6. The van der Waals surface area contributed by atoms with Gasteiger partial charge in [0.2, 0.25) is 5.95 Å². The van der Waals surface area contributed by atoms with E-state index in [9.17, 15) is 14.4 Å². The van der Waals surface area contributed by atoms with Gasteiger partial charge in [-0.25, -0.2) is 5.43 Å². The average molecular weight is 405 g/mol. The number of nitrogens with one attached hydrogen (secondary N) is 3. The molecule has 2 aromatic heterocycles. The molecule has 0 saturated heterocycles. The molecule has 5 rings (SSSR count). The number of aromatic amines is 2. The van der Waals surface area contributed by atoms with Gasteiger partial charge in [-0.2, -0.15) is 15.2 Å². The van der Waals surface area contributed by atoms with Crippen LogP contribution in [0.5, 0.6) is 0 Å². The van der Waals surface area contributed by atoms with Gasteiger partial charge in [0.05, 0.1) is 17.3 Å². The zero-order valence-corrected chi connectivity index (χ0v) is 16.0. The summed E-state index contributed by atoms with van der Waals surface area (Å²) in [7, 11) is 0. The summed E-state index contributed by atoms with van der Waals surface area (Å²) in [4.78, 5) is 45.9. The Labute approximate surface area is 170 Å². The van der Waals surface area contributed by atoms with Crippen LogP contribution in [0.4, 0.5) is 5.95 Å². The predicted molar refractivity (Wildman–Crippen MR) is 109 cm³/mol. The summed E-state index contributed by atoms with van der Waals surface area (Å²) < 4.78 is 0. The number of anilines is 1. The van der Waals surface area contributed by atoms with Gasteiger partial charge in [-0.1, -0.05) is 18.6 Å². The molecule has 10 heteroatoms. The maximum Gasteiger partial charge on any atom is 0.263 e. The van der Waals surface area contributed by atoms with Crippen molar-refractivity contribution >= 4 is 34.5 Å². The molecule has 3 aromatic rings. The molecular weight excluding hydrogens is 386 g/mol. The van der Waals surface area contributed by atoms with Crippen LogP contribution in [0.3, 0.4) is 0 Å². The Morgan fingerprint density at radius 1 is 1.10 bits per heavy atom. The second kappa shape index (κ2) is 7.21. The van der Waals surface area contributed by atoms with Gasteiger partial charge in [0.25, 0.3) is 17.4 Å². The number of hydrogen-bond acceptors (Lipinski definition) is 7. The second-order valence-corrected chi connectivity index (χ2v) is 7.47. The molecule has 1 unspecified atom stereocenters. The van der Waals surface area contributed by atoms with Crippen molar-refractivity contribution in [1.82, 2.24) is 25.1 Å². The van der Waals surface area contributed by atoms with Gasteiger partial charge >= 0.3 is 0 Å². The lowest BCUT2D eigenvalue weighted by atomic mass is 10.1. The van der Waals surface area contributed by atoms with Crippen LogP contribution in [0.1, 0.15) is 52.8 Å². The summed E-state index contributed by atoms with van der Waals surface area (Å²) in [5.74, 6) is -0.290. The van der Waals surface area contributed by atoms with Gasteiger partial charge in [0.1, 0.15) is 5.39 Å². The van der Waals surface area contributed by atoms with Crippen molar-refractivity contribution in [2.45, 2.75) is 38.1 Å². The van der Waals surface area contributed by atoms with Crippen LogP contribution < -0.4 is 11.0 Å². The molecule has 1 aliphatic carbocycles. The highest BCUT2D eigenvalue weighted by atomic mass is 16.2. The predicted octanol–water partition coefficient (Wildman–Crippen LogP) is 2.04. The fraction of sp³-hybridized carbons (Fsp3) is 0.300. The molecule has 30 heavy (non-hydrogen) atoms. The Bertz CT molecular complexity index is 1210. The van der Waals surface area contributed by atoms with E-state index in [1.165, 1.54) is 11.1 Å². The quantitative estimate of drug-likeness (QED) is 0.347. The summed E-state index contributed by atoms with van der Waals surface area (Å²) in [5, 5.41) is 11.3. The van der Waals surface area contributed by atoms with Crippen LogP contribution in [0.15, 0.2) is 40.4 Å². The molecule has 1 atom stereocenters. The number of H-pyrrole nitrogens is 2. The first kappa shape index (κ1) is 18.2. The fourth-order valence-corrected chi connectivity index (χ4v) is 4.08. The van der Waals surface area contributed by atoms with Crippen molar-refractivity contribution in [3.8, 4) is 0 Å². The molecule has 1 fully saturated rings. The topological polar surface area (TPSA) is 136 Å². The third-order valence-electron chi connectivity index (χ3n) is 5.55. The molecule has 0 bridgehead atoms. The van der Waals surface area contributed by atoms with Crippen molar-refractivity contribution in [2.75, 3.05) is 5.43 Å². The van der Waals surface area contributed by atoms with E-state index in [1.54, 1.807) is 24.3 Å². The van der Waals surface area contributed by atoms with Gasteiger partial charge in [-0.3, -0.25) is 29.4 Å². The monoisotopic (exact) mass is 405 g/mol. The lowest BCUT2D eigenvalue weighted by molar-refractivity contribution is 0.0581. The highest BCUT2D eigenvalue weighted by Gasteiger charge is 2.40. The van der Waals surface area contributed by atoms with Gasteiger partial charge in [0, 0.05) is 18.2 Å². The van der Waals surface area contributed by atoms with E-state index < -0.39 is 0 Å². The molecule has 1 aromatic carbocycles. The number of nitrogens with zero attached hydrogens (tertiary/aromatic N) is 4. The first-order valence-corrected chi connectivity index (χ1v) is 9.83. The van der Waals surface area contributed by atoms with E-state index in [1.807, 2.05) is 0 Å². The number of aromatic nitrogens is 4. The number of amides is 2. The largest absolute Gasteiger partial charge is 0.291 e. The average Bonchev–Trinajstić information content (AvgIpc) is 3.23. The minimum atomic E-state index is -0.318. The third-order valence-corrected chi connectivity index (χ3v) is 5.55. The van der Waals surface area contributed by atoms with Gasteiger partial charge in [-0.15, -0.1) is 0 Å². The summed E-state index contributed by atoms with van der Waals surface area (Å²) in [5.41, 5.74) is 4.58. The van der Waals surface area contributed by atoms with Gasteiger partial charge in [-0.05, 0) is 31.4 Å². The summed E-state index contributed by atoms with van der Waals surface area (Å²) in [6, 6.07) is 6.67. The number of hydrazone groups is 1. The second-order valence-electron chi connectivity index (χ2n) is 7.47. The standard InChI is InChI=1S/C20H19N7O3/c28-17-15-10-21-25-16(15)22-20(23-17)26-24-11-5-1-2-6-12(9-11)27-18(29)13-7-3-4-8-14(13)19(27)30/h3-4,7-8,10,12H,1-2,5-6,9H2,(H3,21,22,23,25,26,28)/b24-11+. The molecule has 3 N–H and O–H groups in total. The highest BCUT2D eigenvalue weighted by molar-refractivity contribution is 6.21. The number of rotatable bonds is 3. The van der Waals surface area contributed by atoms with Crippen LogP contribution in [0.25, 0.3) is 11.0 Å². The molecule has 2 aliphatic rings. The van der Waals surface area contributed by atoms with Crippen LogP contribution >= 0.6 is 0 Å². The summed E-state index contributed by atoms with van der Waals surface area (Å²) in [6.07, 6.45) is 5.17. The highest BCUT2D eigenvalue weighted by Crippen LogP contribution is 2.29. The van der Waals surface area contributed by atoms with Crippen LogP contribution in [0.2, 0.25) is 0 Å². The maximum atomic E-state index is 12.8. The number of imide groups is 1. The third kappa shape index (κ3) is 3.06. The number of carbonyl (C=O) groups excluding carboxylic acids is 2. The molecule has 10 nitrogen and oxygen atoms in total. The van der Waals surface area contributed by atoms with E-state index in [0.29, 0.717) is 28.6 Å². The zero-order chi connectivity index (χ0) is 20.7. The van der Waals surface area contributed by atoms with E-state index in [4.69, 9.17) is 0 Å². The Balaban J connectivity index is 1.37. The van der Waals surface area contributed by atoms with Crippen LogP contribution in [-0.4, -0.2) is 48.6 Å². The zero-order valence-electron chi connectivity index (χ0n) is 16.0. The maximum absolute atomic E-state index is 12.8. The first-order chi connectivity index (χ1) is 14.6. The van der Waals surface area contributed by atoms with Crippen molar-refractivity contribution in [2.24, 2.45) is 5.10 Å². The van der Waals surface area contributed by atoms with Crippen molar-refractivity contribution in [3.63, 3.8) is 0 Å². The minimum absolute atomic E-state index is 0.200. The van der Waals surface area contributed by atoms with E-state index in [0.717, 1.165) is 31.4 Å². The van der Waals surface area contributed by atoms with E-state index in [2.05, 4.69) is 30.7 Å². The molecule has 1 aliphatic heterocycles. The van der Waals surface area contributed by atoms with E-state index in [-0.39, 0.29) is 29.4 Å². The summed E-state index contributed by atoms with van der Waals surface area (Å²) in [6.45, 7) is 0. The Kier molecular flexibility index (Phi) is 4.38. The molecular formula is C20H19N7O3. The van der Waals surface area contributed by atoms with Crippen LogP contribution in [-0.2, 0) is 0 Å². The molecule has 2 amide bonds. The molecule has 152 valence electrons. The Hall–Kier alpha value is -3.82. The van der Waals surface area contributed by atoms with Crippen LogP contribution in [0, 0.1) is 0 Å².